The van der Waals surface area contributed by atoms with Crippen LogP contribution in [0, 0.1) is 22.7 Å². The summed E-state index contributed by atoms with van der Waals surface area (Å²) in [4.78, 5) is 111. The quantitative estimate of drug-likeness (QED) is 0.0247. The fraction of sp³-hybridized carbons (Fsp3) is 0.525. The molecule has 2 heterocycles. The molecule has 4 fully saturated rings. The van der Waals surface area contributed by atoms with Gasteiger partial charge in [0, 0.05) is 54.1 Å². The van der Waals surface area contributed by atoms with Crippen LogP contribution in [0.25, 0.3) is 0 Å². The van der Waals surface area contributed by atoms with E-state index in [4.69, 9.17) is 33.2 Å². The molecule has 2 saturated carbocycles. The molecule has 3 N–H and O–H groups in total. The Morgan fingerprint density at radius 3 is 2.04 bits per heavy atom. The average Bonchev–Trinajstić information content (AvgIpc) is 3.54. The van der Waals surface area contributed by atoms with E-state index in [1.165, 1.54) is 19.1 Å². The van der Waals surface area contributed by atoms with Crippen LogP contribution in [0.3, 0.4) is 0 Å². The number of Topliss-reactive ketones (excluding diaryl/α,β-unsaturated/α-hetero) is 1. The third-order valence-corrected chi connectivity index (χ3v) is 19.6. The highest BCUT2D eigenvalue weighted by atomic mass is 33.1. The third-order valence-electron chi connectivity index (χ3n) is 16.6. The highest BCUT2D eigenvalue weighted by Crippen LogP contribution is 2.65. The molecular formula is C59H69NO17S2. The zero-order valence-electron chi connectivity index (χ0n) is 45.2. The van der Waals surface area contributed by atoms with Crippen molar-refractivity contribution in [3.8, 4) is 0 Å². The van der Waals surface area contributed by atoms with E-state index in [1.54, 1.807) is 107 Å². The van der Waals surface area contributed by atoms with Gasteiger partial charge in [0.25, 0.3) is 5.91 Å². The molecule has 79 heavy (non-hydrogen) atoms. The number of hydrogen-bond acceptors (Lipinski definition) is 19. The van der Waals surface area contributed by atoms with Crippen molar-refractivity contribution in [2.24, 2.45) is 22.7 Å². The predicted molar refractivity (Wildman–Crippen MR) is 288 cm³/mol. The summed E-state index contributed by atoms with van der Waals surface area (Å²) in [6, 6.07) is 23.1. The molecule has 0 aromatic heterocycles. The van der Waals surface area contributed by atoms with Crippen molar-refractivity contribution in [2.45, 2.75) is 152 Å². The number of nitrogens with one attached hydrogen (secondary N) is 1. The molecule has 20 heteroatoms. The van der Waals surface area contributed by atoms with Gasteiger partial charge >= 0.3 is 35.8 Å². The molecule has 3 unspecified atom stereocenters. The van der Waals surface area contributed by atoms with E-state index in [-0.39, 0.29) is 30.6 Å². The molecule has 3 aliphatic carbocycles. The molecule has 0 spiro atoms. The van der Waals surface area contributed by atoms with Gasteiger partial charge in [-0.15, -0.1) is 0 Å². The lowest BCUT2D eigenvalue weighted by atomic mass is 9.43. The molecule has 5 aliphatic rings. The molecule has 3 aromatic carbocycles. The number of aliphatic hydroxyl groups is 2. The van der Waals surface area contributed by atoms with Gasteiger partial charge in [-0.1, -0.05) is 116 Å². The average molecular weight is 1130 g/mol. The first-order valence-corrected chi connectivity index (χ1v) is 29.1. The van der Waals surface area contributed by atoms with E-state index in [9.17, 15) is 43.8 Å². The van der Waals surface area contributed by atoms with Crippen LogP contribution in [0.2, 0.25) is 0 Å². The van der Waals surface area contributed by atoms with Gasteiger partial charge in [-0.2, -0.15) is 0 Å². The Hall–Kier alpha value is -6.06. The van der Waals surface area contributed by atoms with E-state index in [2.05, 4.69) is 5.32 Å². The minimum absolute atomic E-state index is 0.0576. The van der Waals surface area contributed by atoms with E-state index in [0.717, 1.165) is 31.9 Å². The van der Waals surface area contributed by atoms with Crippen LogP contribution in [0.15, 0.2) is 102 Å². The minimum atomic E-state index is -2.34. The lowest BCUT2D eigenvalue weighted by Crippen LogP contribution is -2.81. The first kappa shape index (κ1) is 59.1. The van der Waals surface area contributed by atoms with Gasteiger partial charge in [-0.25, -0.2) is 9.59 Å². The zero-order valence-corrected chi connectivity index (χ0v) is 46.8. The van der Waals surface area contributed by atoms with Gasteiger partial charge in [-0.3, -0.25) is 28.8 Å². The molecule has 8 rings (SSSR count). The maximum Gasteiger partial charge on any atom is 0.338 e. The van der Waals surface area contributed by atoms with Crippen molar-refractivity contribution in [2.75, 3.05) is 19.2 Å². The Labute approximate surface area is 467 Å². The summed E-state index contributed by atoms with van der Waals surface area (Å²) < 4.78 is 41.6. The number of aliphatic hydroxyl groups excluding tert-OH is 1. The second-order valence-corrected chi connectivity index (χ2v) is 24.6. The molecule has 3 aromatic rings. The molecule has 0 radical (unpaired) electrons. The topological polar surface area (TPSA) is 254 Å². The Bertz CT molecular complexity index is 2790. The summed E-state index contributed by atoms with van der Waals surface area (Å²) in [5.41, 5.74) is -6.30. The first-order valence-electron chi connectivity index (χ1n) is 26.8. The lowest BCUT2D eigenvalue weighted by molar-refractivity contribution is -0.346. The number of amides is 1. The Kier molecular flexibility index (Phi) is 18.5. The van der Waals surface area contributed by atoms with Gasteiger partial charge in [0.05, 0.1) is 42.4 Å². The lowest BCUT2D eigenvalue weighted by Gasteiger charge is -2.67. The number of benzene rings is 3. The number of esters is 6. The maximum absolute atomic E-state index is 16.0. The van der Waals surface area contributed by atoms with Crippen molar-refractivity contribution in [3.63, 3.8) is 0 Å². The molecule has 424 valence electrons. The molecule has 1 amide bonds. The largest absolute Gasteiger partial charge is 0.461 e. The summed E-state index contributed by atoms with van der Waals surface area (Å²) >= 11 is 0. The van der Waals surface area contributed by atoms with Crippen molar-refractivity contribution >= 4 is 69.1 Å². The fourth-order valence-electron chi connectivity index (χ4n) is 12.5. The molecule has 2 saturated heterocycles. The third kappa shape index (κ3) is 12.2. The summed E-state index contributed by atoms with van der Waals surface area (Å²) in [6.45, 7) is 8.28. The molecule has 12 atom stereocenters. The second-order valence-electron chi connectivity index (χ2n) is 21.8. The normalized spacial score (nSPS) is 29.3. The van der Waals surface area contributed by atoms with Crippen LogP contribution in [-0.4, -0.2) is 124 Å². The fourth-order valence-corrected chi connectivity index (χ4v) is 15.5. The van der Waals surface area contributed by atoms with E-state index >= 15 is 4.79 Å². The van der Waals surface area contributed by atoms with Crippen LogP contribution in [0.1, 0.15) is 132 Å². The Balaban J connectivity index is 1.10. The number of unbranched alkanes of at least 4 members (excludes halogenated alkanes) is 1. The van der Waals surface area contributed by atoms with Crippen LogP contribution >= 0.6 is 21.6 Å². The monoisotopic (exact) mass is 1130 g/mol. The molecule has 2 bridgehead atoms. The number of carbonyl (C=O) groups is 8. The minimum Gasteiger partial charge on any atom is -0.461 e. The van der Waals surface area contributed by atoms with Crippen LogP contribution in [0.5, 0.6) is 0 Å². The van der Waals surface area contributed by atoms with Crippen LogP contribution < -0.4 is 5.32 Å². The Morgan fingerprint density at radius 1 is 0.810 bits per heavy atom. The molecule has 2 aliphatic heterocycles. The predicted octanol–water partition coefficient (Wildman–Crippen LogP) is 7.53. The first-order chi connectivity index (χ1) is 37.6. The summed E-state index contributed by atoms with van der Waals surface area (Å²) in [5, 5.41) is 29.3. The number of ketones is 1. The van der Waals surface area contributed by atoms with Crippen molar-refractivity contribution < 1.29 is 81.7 Å². The van der Waals surface area contributed by atoms with E-state index < -0.39 is 144 Å². The number of ether oxygens (including phenoxy) is 7. The van der Waals surface area contributed by atoms with Crippen LogP contribution in [-0.2, 0) is 61.9 Å². The molecular weight excluding hydrogens is 1060 g/mol. The van der Waals surface area contributed by atoms with Gasteiger partial charge in [0.1, 0.15) is 35.8 Å². The van der Waals surface area contributed by atoms with E-state index in [0.29, 0.717) is 28.4 Å². The number of carbonyl (C=O) groups excluding carboxylic acids is 8. The highest BCUT2D eigenvalue weighted by molar-refractivity contribution is 8.77. The van der Waals surface area contributed by atoms with Crippen molar-refractivity contribution in [1.82, 2.24) is 5.32 Å². The second kappa shape index (κ2) is 24.8. The van der Waals surface area contributed by atoms with Gasteiger partial charge in [-0.05, 0) is 74.1 Å². The Morgan fingerprint density at radius 2 is 1.43 bits per heavy atom. The standard InChI is InChI=1S/C59H69NO17S2/c1-34-41(74-55(69)49(65)48(37-18-10-7-11-19-37)60-53(67)38-20-12-8-13-21-38)31-59(70)52(76-54(68)39-22-14-9-15-23-39)50-57(6,51(66)35(2)47(34)56(59,4)5)42(30-43-58(50,32-71-43)77-36(3)61)75-46(64)27-26-45(63)73-33-72-44(62)25-17-16-24-40-28-29-78-79-40/h7-15,18-23,35,40-43,48-50,52,65,70H,16-17,24-33H2,1-6H3,(H,60,67)/t35-,40?,41?,42+,43?,48+,49-,50+,52+,57-,58+,59-/m1/s1. The van der Waals surface area contributed by atoms with E-state index in [1.807, 2.05) is 21.6 Å². The maximum atomic E-state index is 16.0. The number of rotatable bonds is 20. The summed E-state index contributed by atoms with van der Waals surface area (Å²) in [5.74, 6) is -7.98. The van der Waals surface area contributed by atoms with Gasteiger partial charge < -0.3 is 48.7 Å². The number of hydrogen-bond donors (Lipinski definition) is 3. The molecule has 18 nitrogen and oxygen atoms in total. The smallest absolute Gasteiger partial charge is 0.338 e. The number of fused-ring (bicyclic) bond motifs is 5. The highest BCUT2D eigenvalue weighted by Gasteiger charge is 2.78. The van der Waals surface area contributed by atoms with Crippen molar-refractivity contribution in [1.29, 1.82) is 0 Å². The summed E-state index contributed by atoms with van der Waals surface area (Å²) in [7, 11) is 3.73. The van der Waals surface area contributed by atoms with Crippen LogP contribution in [0.4, 0.5) is 0 Å². The summed E-state index contributed by atoms with van der Waals surface area (Å²) in [6.07, 6.45) is -5.67. The SMILES string of the molecule is CC(=O)O[C@@]12COC1C[C@H](OC(=O)CCC(=O)OCOC(=O)CCCCC1CCSS1)[C@@]1(C)C(=O)[C@H](C)C3=C(C)C(OC(=O)[C@H](O)[C@@H](NC(=O)c4ccccc4)c4ccccc4)C[C@@](O)([C@@H](OC(=O)c4ccccc4)[C@@H]12)C3(C)C. The zero-order chi connectivity index (χ0) is 56.9. The van der Waals surface area contributed by atoms with Crippen molar-refractivity contribution in [3.05, 3.63) is 119 Å². The van der Waals surface area contributed by atoms with Gasteiger partial charge in [0.2, 0.25) is 6.79 Å². The van der Waals surface area contributed by atoms with Gasteiger partial charge in [0.15, 0.2) is 11.7 Å².